The molecule has 0 aromatic heterocycles. The van der Waals surface area contributed by atoms with Crippen LogP contribution in [-0.2, 0) is 12.8 Å². The van der Waals surface area contributed by atoms with Crippen LogP contribution in [0.15, 0.2) is 6.07 Å². The van der Waals surface area contributed by atoms with Crippen LogP contribution < -0.4 is 9.47 Å². The van der Waals surface area contributed by atoms with E-state index in [2.05, 4.69) is 0 Å². The van der Waals surface area contributed by atoms with Gasteiger partial charge in [0.05, 0.1) is 25.3 Å². The summed E-state index contributed by atoms with van der Waals surface area (Å²) in [5.74, 6) is 1.22. The summed E-state index contributed by atoms with van der Waals surface area (Å²) < 4.78 is 10.6. The van der Waals surface area contributed by atoms with Gasteiger partial charge in [-0.25, -0.2) is 0 Å². The molecule has 0 bridgehead atoms. The molecule has 1 rings (SSSR count). The molecule has 1 unspecified atom stereocenters. The summed E-state index contributed by atoms with van der Waals surface area (Å²) in [7, 11) is 3.16. The largest absolute Gasteiger partial charge is 0.493 e. The Balaban J connectivity index is 3.36. The van der Waals surface area contributed by atoms with E-state index < -0.39 is 6.10 Å². The summed E-state index contributed by atoms with van der Waals surface area (Å²) in [6.45, 7) is 3.79. The fraction of sp³-hybridized carbons (Fsp3) is 0.538. The lowest BCUT2D eigenvalue weighted by Crippen LogP contribution is -2.08. The predicted octanol–water partition coefficient (Wildman–Crippen LogP) is 2.84. The van der Waals surface area contributed by atoms with E-state index in [-0.39, 0.29) is 0 Å². The molecular formula is C13H19ClO3. The van der Waals surface area contributed by atoms with Gasteiger partial charge in [-0.3, -0.25) is 0 Å². The number of benzene rings is 1. The van der Waals surface area contributed by atoms with Crippen molar-refractivity contribution in [1.29, 1.82) is 0 Å². The van der Waals surface area contributed by atoms with Gasteiger partial charge in [-0.15, -0.1) is 0 Å². The fourth-order valence-electron chi connectivity index (χ4n) is 1.99. The van der Waals surface area contributed by atoms with Crippen molar-refractivity contribution in [3.05, 3.63) is 22.2 Å². The highest BCUT2D eigenvalue weighted by Crippen LogP contribution is 2.40. The molecule has 1 N–H and O–H groups in total. The summed E-state index contributed by atoms with van der Waals surface area (Å²) in [5.41, 5.74) is 2.04. The minimum absolute atomic E-state index is 0.408. The van der Waals surface area contributed by atoms with Crippen LogP contribution in [0.25, 0.3) is 0 Å². The number of aliphatic hydroxyl groups excluding tert-OH is 1. The van der Waals surface area contributed by atoms with Gasteiger partial charge in [0, 0.05) is 5.56 Å². The van der Waals surface area contributed by atoms with Gasteiger partial charge >= 0.3 is 0 Å². The molecule has 0 aliphatic heterocycles. The Labute approximate surface area is 107 Å². The smallest absolute Gasteiger partial charge is 0.179 e. The number of halogens is 1. The SMILES string of the molecule is CCc1c(CC(C)O)cc(Cl)c(OC)c1OC. The zero-order valence-electron chi connectivity index (χ0n) is 10.7. The lowest BCUT2D eigenvalue weighted by molar-refractivity contribution is 0.195. The van der Waals surface area contributed by atoms with Crippen LogP contribution in [0.2, 0.25) is 5.02 Å². The van der Waals surface area contributed by atoms with Crippen molar-refractivity contribution in [3.63, 3.8) is 0 Å². The van der Waals surface area contributed by atoms with E-state index in [1.54, 1.807) is 21.1 Å². The van der Waals surface area contributed by atoms with E-state index in [4.69, 9.17) is 21.1 Å². The summed E-state index contributed by atoms with van der Waals surface area (Å²) in [4.78, 5) is 0. The van der Waals surface area contributed by atoms with E-state index in [0.29, 0.717) is 22.9 Å². The summed E-state index contributed by atoms with van der Waals surface area (Å²) >= 11 is 6.14. The van der Waals surface area contributed by atoms with Gasteiger partial charge in [-0.2, -0.15) is 0 Å². The molecule has 0 radical (unpaired) electrons. The maximum Gasteiger partial charge on any atom is 0.179 e. The maximum atomic E-state index is 9.49. The zero-order valence-corrected chi connectivity index (χ0v) is 11.5. The molecular weight excluding hydrogens is 240 g/mol. The Morgan fingerprint density at radius 1 is 1.29 bits per heavy atom. The van der Waals surface area contributed by atoms with Crippen LogP contribution in [0.3, 0.4) is 0 Å². The van der Waals surface area contributed by atoms with E-state index in [0.717, 1.165) is 17.5 Å². The monoisotopic (exact) mass is 258 g/mol. The average molecular weight is 259 g/mol. The topological polar surface area (TPSA) is 38.7 Å². The van der Waals surface area contributed by atoms with Crippen LogP contribution >= 0.6 is 11.6 Å². The van der Waals surface area contributed by atoms with Crippen molar-refractivity contribution in [2.24, 2.45) is 0 Å². The van der Waals surface area contributed by atoms with Crippen molar-refractivity contribution in [1.82, 2.24) is 0 Å². The van der Waals surface area contributed by atoms with E-state index >= 15 is 0 Å². The lowest BCUT2D eigenvalue weighted by Gasteiger charge is -2.18. The molecule has 0 aliphatic carbocycles. The lowest BCUT2D eigenvalue weighted by atomic mass is 9.98. The van der Waals surface area contributed by atoms with Gasteiger partial charge in [-0.05, 0) is 31.4 Å². The first kappa shape index (κ1) is 14.1. The summed E-state index contributed by atoms with van der Waals surface area (Å²) in [6.07, 6.45) is 0.955. The van der Waals surface area contributed by atoms with Gasteiger partial charge in [0.1, 0.15) is 0 Å². The number of hydrogen-bond acceptors (Lipinski definition) is 3. The molecule has 0 fully saturated rings. The van der Waals surface area contributed by atoms with Crippen LogP contribution in [-0.4, -0.2) is 25.4 Å². The third-order valence-electron chi connectivity index (χ3n) is 2.66. The molecule has 96 valence electrons. The Bertz CT molecular complexity index is 389. The van der Waals surface area contributed by atoms with Gasteiger partial charge < -0.3 is 14.6 Å². The number of rotatable bonds is 5. The Morgan fingerprint density at radius 3 is 2.29 bits per heavy atom. The third kappa shape index (κ3) is 3.05. The first-order valence-electron chi connectivity index (χ1n) is 5.65. The molecule has 4 heteroatoms. The molecule has 0 spiro atoms. The normalized spacial score (nSPS) is 12.4. The summed E-state index contributed by atoms with van der Waals surface area (Å²) in [6, 6.07) is 1.84. The highest BCUT2D eigenvalue weighted by atomic mass is 35.5. The molecule has 0 saturated carbocycles. The van der Waals surface area contributed by atoms with Crippen LogP contribution in [0, 0.1) is 0 Å². The average Bonchev–Trinajstić information content (AvgIpc) is 2.27. The second-order valence-electron chi connectivity index (χ2n) is 3.97. The van der Waals surface area contributed by atoms with Crippen LogP contribution in [0.5, 0.6) is 11.5 Å². The van der Waals surface area contributed by atoms with Crippen molar-refractivity contribution in [2.75, 3.05) is 14.2 Å². The standard InChI is InChI=1S/C13H19ClO3/c1-5-10-9(6-8(2)15)7-11(14)13(17-4)12(10)16-3/h7-8,15H,5-6H2,1-4H3. The molecule has 0 saturated heterocycles. The summed E-state index contributed by atoms with van der Waals surface area (Å²) in [5, 5.41) is 10.0. The molecule has 1 aromatic rings. The van der Waals surface area contributed by atoms with Crippen molar-refractivity contribution >= 4 is 11.6 Å². The fourth-order valence-corrected chi connectivity index (χ4v) is 2.29. The van der Waals surface area contributed by atoms with E-state index in [9.17, 15) is 5.11 Å². The highest BCUT2D eigenvalue weighted by molar-refractivity contribution is 6.32. The van der Waals surface area contributed by atoms with Gasteiger partial charge in [0.15, 0.2) is 11.5 Å². The van der Waals surface area contributed by atoms with Crippen molar-refractivity contribution in [2.45, 2.75) is 32.8 Å². The molecule has 17 heavy (non-hydrogen) atoms. The Kier molecular flexibility index (Phi) is 5.09. The molecule has 0 amide bonds. The zero-order chi connectivity index (χ0) is 13.0. The van der Waals surface area contributed by atoms with Gasteiger partial charge in [0.2, 0.25) is 0 Å². The van der Waals surface area contributed by atoms with Crippen LogP contribution in [0.4, 0.5) is 0 Å². The molecule has 0 aliphatic rings. The Morgan fingerprint density at radius 2 is 1.88 bits per heavy atom. The molecule has 1 atom stereocenters. The number of hydrogen-bond donors (Lipinski definition) is 1. The van der Waals surface area contributed by atoms with E-state index in [1.165, 1.54) is 0 Å². The molecule has 0 heterocycles. The quantitative estimate of drug-likeness (QED) is 0.883. The highest BCUT2D eigenvalue weighted by Gasteiger charge is 2.18. The van der Waals surface area contributed by atoms with Gasteiger partial charge in [0.25, 0.3) is 0 Å². The van der Waals surface area contributed by atoms with Gasteiger partial charge in [-0.1, -0.05) is 18.5 Å². The van der Waals surface area contributed by atoms with Crippen molar-refractivity contribution in [3.8, 4) is 11.5 Å². The van der Waals surface area contributed by atoms with E-state index in [1.807, 2.05) is 13.0 Å². The first-order valence-corrected chi connectivity index (χ1v) is 6.03. The minimum atomic E-state index is -0.408. The number of methoxy groups -OCH3 is 2. The van der Waals surface area contributed by atoms with Crippen molar-refractivity contribution < 1.29 is 14.6 Å². The molecule has 3 nitrogen and oxygen atoms in total. The second-order valence-corrected chi connectivity index (χ2v) is 4.38. The number of aliphatic hydroxyl groups is 1. The maximum absolute atomic E-state index is 9.49. The predicted molar refractivity (Wildman–Crippen MR) is 69.3 cm³/mol. The third-order valence-corrected chi connectivity index (χ3v) is 2.94. The Hall–Kier alpha value is -0.930. The first-order chi connectivity index (χ1) is 8.04. The molecule has 1 aromatic carbocycles. The van der Waals surface area contributed by atoms with Crippen LogP contribution in [0.1, 0.15) is 25.0 Å². The number of ether oxygens (including phenoxy) is 2. The minimum Gasteiger partial charge on any atom is -0.493 e. The second kappa shape index (κ2) is 6.12.